The SMILES string of the molecule is CCOC(=O)c1ccc(NC(=O)C(=O)NCc2ccc(/C=C(/C#N)C(=O)Nc3ccc(OCC)cc3)o2)cc1. The topological polar surface area (TPSA) is 160 Å². The third kappa shape index (κ3) is 8.33. The highest BCUT2D eigenvalue weighted by molar-refractivity contribution is 6.39. The molecule has 2 aromatic carbocycles. The van der Waals surface area contributed by atoms with E-state index in [0.29, 0.717) is 35.1 Å². The number of hydrogen-bond donors (Lipinski definition) is 3. The van der Waals surface area contributed by atoms with Gasteiger partial charge in [0.05, 0.1) is 25.3 Å². The molecule has 0 aliphatic heterocycles. The molecule has 0 fully saturated rings. The van der Waals surface area contributed by atoms with Crippen molar-refractivity contribution in [1.29, 1.82) is 5.26 Å². The number of ether oxygens (including phenoxy) is 2. The molecular weight excluding hydrogens is 504 g/mol. The smallest absolute Gasteiger partial charge is 0.338 e. The first-order chi connectivity index (χ1) is 18.8. The van der Waals surface area contributed by atoms with E-state index in [9.17, 15) is 24.4 Å². The van der Waals surface area contributed by atoms with Crippen LogP contribution in [0.4, 0.5) is 11.4 Å². The summed E-state index contributed by atoms with van der Waals surface area (Å²) in [7, 11) is 0. The second-order valence-electron chi connectivity index (χ2n) is 7.82. The number of esters is 1. The number of nitriles is 1. The third-order valence-electron chi connectivity index (χ3n) is 5.04. The van der Waals surface area contributed by atoms with Gasteiger partial charge in [-0.2, -0.15) is 5.26 Å². The van der Waals surface area contributed by atoms with Gasteiger partial charge < -0.3 is 29.8 Å². The van der Waals surface area contributed by atoms with Gasteiger partial charge in [-0.3, -0.25) is 14.4 Å². The highest BCUT2D eigenvalue weighted by Crippen LogP contribution is 2.18. The summed E-state index contributed by atoms with van der Waals surface area (Å²) in [5, 5.41) is 16.9. The molecule has 1 aromatic heterocycles. The number of nitrogens with zero attached hydrogens (tertiary/aromatic N) is 1. The Morgan fingerprint density at radius 3 is 2.10 bits per heavy atom. The fraction of sp³-hybridized carbons (Fsp3) is 0.179. The molecule has 0 unspecified atom stereocenters. The van der Waals surface area contributed by atoms with Crippen LogP contribution in [0.15, 0.2) is 70.7 Å². The quantitative estimate of drug-likeness (QED) is 0.155. The van der Waals surface area contributed by atoms with E-state index in [2.05, 4.69) is 16.0 Å². The molecule has 3 amide bonds. The Morgan fingerprint density at radius 1 is 0.846 bits per heavy atom. The molecule has 0 saturated carbocycles. The van der Waals surface area contributed by atoms with Gasteiger partial charge in [0.15, 0.2) is 0 Å². The van der Waals surface area contributed by atoms with Crippen LogP contribution in [0.1, 0.15) is 35.7 Å². The van der Waals surface area contributed by atoms with E-state index in [1.54, 1.807) is 31.2 Å². The van der Waals surface area contributed by atoms with Crippen molar-refractivity contribution >= 4 is 41.1 Å². The minimum absolute atomic E-state index is 0.109. The number of anilines is 2. The van der Waals surface area contributed by atoms with Gasteiger partial charge in [0.1, 0.15) is 28.9 Å². The van der Waals surface area contributed by atoms with Crippen molar-refractivity contribution in [1.82, 2.24) is 5.32 Å². The summed E-state index contributed by atoms with van der Waals surface area (Å²) in [5.74, 6) is -1.78. The monoisotopic (exact) mass is 530 g/mol. The summed E-state index contributed by atoms with van der Waals surface area (Å²) >= 11 is 0. The van der Waals surface area contributed by atoms with Crippen molar-refractivity contribution in [2.75, 3.05) is 23.8 Å². The summed E-state index contributed by atoms with van der Waals surface area (Å²) in [6.07, 6.45) is 1.27. The molecule has 0 radical (unpaired) electrons. The summed E-state index contributed by atoms with van der Waals surface area (Å²) < 4.78 is 15.8. The molecule has 0 aliphatic carbocycles. The minimum Gasteiger partial charge on any atom is -0.494 e. The van der Waals surface area contributed by atoms with Crippen LogP contribution in [-0.2, 0) is 25.7 Å². The minimum atomic E-state index is -0.914. The predicted molar refractivity (Wildman–Crippen MR) is 141 cm³/mol. The van der Waals surface area contributed by atoms with Crippen molar-refractivity contribution in [3.63, 3.8) is 0 Å². The maximum atomic E-state index is 12.5. The number of hydrogen-bond acceptors (Lipinski definition) is 8. The van der Waals surface area contributed by atoms with E-state index in [-0.39, 0.29) is 24.5 Å². The van der Waals surface area contributed by atoms with E-state index in [1.807, 2.05) is 13.0 Å². The number of carbonyl (C=O) groups excluding carboxylic acids is 4. The molecule has 0 spiro atoms. The Labute approximate surface area is 224 Å². The molecule has 3 rings (SSSR count). The fourth-order valence-electron chi connectivity index (χ4n) is 3.20. The molecule has 11 heteroatoms. The first-order valence-electron chi connectivity index (χ1n) is 11.9. The Balaban J connectivity index is 1.52. The lowest BCUT2D eigenvalue weighted by molar-refractivity contribution is -0.136. The molecule has 0 saturated heterocycles. The largest absolute Gasteiger partial charge is 0.494 e. The number of amides is 3. The van der Waals surface area contributed by atoms with Crippen LogP contribution in [0.5, 0.6) is 5.75 Å². The normalized spacial score (nSPS) is 10.6. The molecule has 11 nitrogen and oxygen atoms in total. The van der Waals surface area contributed by atoms with Crippen molar-refractivity contribution in [3.05, 3.63) is 83.3 Å². The average Bonchev–Trinajstić information content (AvgIpc) is 3.39. The van der Waals surface area contributed by atoms with Gasteiger partial charge in [0, 0.05) is 17.5 Å². The summed E-state index contributed by atoms with van der Waals surface area (Å²) in [4.78, 5) is 48.5. The summed E-state index contributed by atoms with van der Waals surface area (Å²) in [6, 6.07) is 17.5. The molecule has 0 atom stereocenters. The van der Waals surface area contributed by atoms with Gasteiger partial charge in [0.25, 0.3) is 5.91 Å². The van der Waals surface area contributed by atoms with Crippen LogP contribution in [0.25, 0.3) is 6.08 Å². The number of nitrogens with one attached hydrogen (secondary N) is 3. The Bertz CT molecular complexity index is 1400. The summed E-state index contributed by atoms with van der Waals surface area (Å²) in [5.41, 5.74) is 0.930. The highest BCUT2D eigenvalue weighted by Gasteiger charge is 2.16. The van der Waals surface area contributed by atoms with Gasteiger partial charge in [-0.1, -0.05) is 0 Å². The molecule has 3 aromatic rings. The molecule has 39 heavy (non-hydrogen) atoms. The zero-order valence-corrected chi connectivity index (χ0v) is 21.3. The van der Waals surface area contributed by atoms with E-state index in [0.717, 1.165) is 0 Å². The number of rotatable bonds is 10. The number of furan rings is 1. The lowest BCUT2D eigenvalue weighted by Gasteiger charge is -2.07. The van der Waals surface area contributed by atoms with Crippen LogP contribution in [-0.4, -0.2) is 36.9 Å². The maximum Gasteiger partial charge on any atom is 0.338 e. The van der Waals surface area contributed by atoms with E-state index in [1.165, 1.54) is 42.5 Å². The van der Waals surface area contributed by atoms with Crippen LogP contribution in [0.2, 0.25) is 0 Å². The van der Waals surface area contributed by atoms with E-state index < -0.39 is 23.7 Å². The second-order valence-corrected chi connectivity index (χ2v) is 7.82. The van der Waals surface area contributed by atoms with Gasteiger partial charge in [-0.25, -0.2) is 4.79 Å². The van der Waals surface area contributed by atoms with Gasteiger partial charge in [0.2, 0.25) is 0 Å². The van der Waals surface area contributed by atoms with Crippen molar-refractivity contribution in [3.8, 4) is 11.8 Å². The van der Waals surface area contributed by atoms with E-state index >= 15 is 0 Å². The Hall–Kier alpha value is -5.37. The predicted octanol–water partition coefficient (Wildman–Crippen LogP) is 3.66. The zero-order valence-electron chi connectivity index (χ0n) is 21.3. The number of benzene rings is 2. The first-order valence-corrected chi connectivity index (χ1v) is 11.9. The zero-order chi connectivity index (χ0) is 28.2. The molecular formula is C28H26N4O7. The third-order valence-corrected chi connectivity index (χ3v) is 5.04. The van der Waals surface area contributed by atoms with Crippen LogP contribution in [0.3, 0.4) is 0 Å². The van der Waals surface area contributed by atoms with E-state index in [4.69, 9.17) is 13.9 Å². The molecule has 1 heterocycles. The Morgan fingerprint density at radius 2 is 1.49 bits per heavy atom. The lowest BCUT2D eigenvalue weighted by atomic mass is 10.2. The van der Waals surface area contributed by atoms with Gasteiger partial charge in [-0.15, -0.1) is 0 Å². The van der Waals surface area contributed by atoms with Crippen molar-refractivity contribution in [2.24, 2.45) is 0 Å². The fourth-order valence-corrected chi connectivity index (χ4v) is 3.20. The van der Waals surface area contributed by atoms with Gasteiger partial charge in [-0.05, 0) is 74.5 Å². The molecule has 3 N–H and O–H groups in total. The molecule has 0 bridgehead atoms. The standard InChI is InChI=1S/C28H26N4O7/c1-3-37-22-11-9-21(10-12-22)31-25(33)19(16-29)15-23-13-14-24(39-23)17-30-26(34)27(35)32-20-7-5-18(6-8-20)28(36)38-4-2/h5-15H,3-4,17H2,1-2H3,(H,30,34)(H,31,33)(H,32,35)/b19-15-. The average molecular weight is 531 g/mol. The van der Waals surface area contributed by atoms with Crippen LogP contribution >= 0.6 is 0 Å². The lowest BCUT2D eigenvalue weighted by Crippen LogP contribution is -2.34. The van der Waals surface area contributed by atoms with Crippen LogP contribution < -0.4 is 20.7 Å². The highest BCUT2D eigenvalue weighted by atomic mass is 16.5. The second kappa shape index (κ2) is 13.8. The number of carbonyl (C=O) groups is 4. The maximum absolute atomic E-state index is 12.5. The molecule has 0 aliphatic rings. The first kappa shape index (κ1) is 28.2. The molecule has 200 valence electrons. The van der Waals surface area contributed by atoms with Gasteiger partial charge >= 0.3 is 17.8 Å². The van der Waals surface area contributed by atoms with Crippen molar-refractivity contribution in [2.45, 2.75) is 20.4 Å². The van der Waals surface area contributed by atoms with Crippen LogP contribution in [0, 0.1) is 11.3 Å². The summed E-state index contributed by atoms with van der Waals surface area (Å²) in [6.45, 7) is 4.21. The van der Waals surface area contributed by atoms with Crippen molar-refractivity contribution < 1.29 is 33.1 Å². The Kier molecular flexibility index (Phi) is 9.98.